The number of carbonyl (C=O) groups is 1. The first-order valence-corrected chi connectivity index (χ1v) is 7.38. The van der Waals surface area contributed by atoms with E-state index >= 15 is 0 Å². The van der Waals surface area contributed by atoms with E-state index in [1.807, 2.05) is 12.4 Å². The van der Waals surface area contributed by atoms with E-state index in [0.717, 1.165) is 32.1 Å². The van der Waals surface area contributed by atoms with Gasteiger partial charge in [-0.15, -0.1) is 0 Å². The Labute approximate surface area is 116 Å². The number of carbonyl (C=O) groups excluding carboxylic acids is 1. The maximum Gasteiger partial charge on any atom is 0.136 e. The first-order valence-electron chi connectivity index (χ1n) is 7.38. The molecule has 2 heteroatoms. The summed E-state index contributed by atoms with van der Waals surface area (Å²) in [5.41, 5.74) is 1.62. The molecule has 1 aliphatic rings. The molecule has 2 atom stereocenters. The van der Waals surface area contributed by atoms with Crippen LogP contribution < -0.4 is 0 Å². The van der Waals surface area contributed by atoms with Crippen molar-refractivity contribution in [2.24, 2.45) is 17.3 Å². The van der Waals surface area contributed by atoms with Crippen LogP contribution in [0.25, 0.3) is 0 Å². The number of Topliss-reactive ketones (excluding diaryl/α,β-unsaturated/α-hetero) is 1. The molecule has 0 N–H and O–H groups in total. The van der Waals surface area contributed by atoms with Crippen LogP contribution in [0.15, 0.2) is 24.5 Å². The first-order chi connectivity index (χ1) is 8.97. The molecule has 0 bridgehead atoms. The largest absolute Gasteiger partial charge is 0.299 e. The molecule has 2 nitrogen and oxygen atoms in total. The number of hydrogen-bond acceptors (Lipinski definition) is 2. The second-order valence-corrected chi connectivity index (χ2v) is 6.89. The fraction of sp³-hybridized carbons (Fsp3) is 0.647. The molecule has 0 saturated heterocycles. The molecule has 0 aliphatic heterocycles. The fourth-order valence-electron chi connectivity index (χ4n) is 3.07. The third kappa shape index (κ3) is 3.89. The lowest BCUT2D eigenvalue weighted by molar-refractivity contribution is -0.126. The third-order valence-electron chi connectivity index (χ3n) is 4.52. The van der Waals surface area contributed by atoms with Gasteiger partial charge in [-0.3, -0.25) is 9.78 Å². The van der Waals surface area contributed by atoms with Gasteiger partial charge < -0.3 is 0 Å². The minimum atomic E-state index is 0.270. The summed E-state index contributed by atoms with van der Waals surface area (Å²) in [6.45, 7) is 6.90. The van der Waals surface area contributed by atoms with Crippen molar-refractivity contribution in [3.05, 3.63) is 30.1 Å². The zero-order chi connectivity index (χ0) is 13.9. The second kappa shape index (κ2) is 5.85. The average Bonchev–Trinajstić information content (AvgIpc) is 2.37. The van der Waals surface area contributed by atoms with E-state index in [2.05, 4.69) is 37.9 Å². The first kappa shape index (κ1) is 14.2. The normalized spacial score (nSPS) is 24.5. The maximum absolute atomic E-state index is 12.1. The predicted molar refractivity (Wildman–Crippen MR) is 77.9 cm³/mol. The summed E-state index contributed by atoms with van der Waals surface area (Å²) in [4.78, 5) is 16.1. The van der Waals surface area contributed by atoms with Gasteiger partial charge in [0.15, 0.2) is 0 Å². The van der Waals surface area contributed by atoms with E-state index in [9.17, 15) is 4.79 Å². The van der Waals surface area contributed by atoms with E-state index in [1.54, 1.807) is 0 Å². The Morgan fingerprint density at radius 3 is 2.58 bits per heavy atom. The van der Waals surface area contributed by atoms with Gasteiger partial charge in [0.2, 0.25) is 0 Å². The molecule has 1 aliphatic carbocycles. The van der Waals surface area contributed by atoms with Gasteiger partial charge in [-0.25, -0.2) is 0 Å². The molecular formula is C17H25NO. The van der Waals surface area contributed by atoms with Gasteiger partial charge in [0.05, 0.1) is 0 Å². The Kier molecular flexibility index (Phi) is 4.38. The van der Waals surface area contributed by atoms with Crippen LogP contribution in [-0.4, -0.2) is 10.8 Å². The van der Waals surface area contributed by atoms with Gasteiger partial charge in [-0.05, 0) is 54.7 Å². The molecule has 1 aromatic rings. The monoisotopic (exact) mass is 259 g/mol. The van der Waals surface area contributed by atoms with Crippen LogP contribution in [-0.2, 0) is 11.2 Å². The quantitative estimate of drug-likeness (QED) is 0.819. The Hall–Kier alpha value is -1.18. The van der Waals surface area contributed by atoms with Crippen LogP contribution >= 0.6 is 0 Å². The van der Waals surface area contributed by atoms with Crippen LogP contribution in [0.4, 0.5) is 0 Å². The Balaban J connectivity index is 1.93. The lowest BCUT2D eigenvalue weighted by atomic mass is 9.68. The lowest BCUT2D eigenvalue weighted by Crippen LogP contribution is -2.32. The molecule has 104 valence electrons. The van der Waals surface area contributed by atoms with Crippen molar-refractivity contribution < 1.29 is 4.79 Å². The van der Waals surface area contributed by atoms with Crippen LogP contribution in [0.5, 0.6) is 0 Å². The third-order valence-corrected chi connectivity index (χ3v) is 4.52. The van der Waals surface area contributed by atoms with Crippen molar-refractivity contribution in [1.29, 1.82) is 0 Å². The summed E-state index contributed by atoms with van der Waals surface area (Å²) < 4.78 is 0. The molecule has 1 heterocycles. The van der Waals surface area contributed by atoms with Crippen LogP contribution in [0.3, 0.4) is 0 Å². The smallest absolute Gasteiger partial charge is 0.136 e. The number of aromatic nitrogens is 1. The summed E-state index contributed by atoms with van der Waals surface area (Å²) in [5, 5.41) is 0. The number of pyridine rings is 1. The minimum absolute atomic E-state index is 0.270. The van der Waals surface area contributed by atoms with E-state index in [4.69, 9.17) is 0 Å². The highest BCUT2D eigenvalue weighted by Crippen LogP contribution is 2.40. The second-order valence-electron chi connectivity index (χ2n) is 6.89. The van der Waals surface area contributed by atoms with Crippen molar-refractivity contribution >= 4 is 5.78 Å². The Bertz CT molecular complexity index is 419. The highest BCUT2D eigenvalue weighted by Gasteiger charge is 2.34. The molecule has 0 spiro atoms. The molecular weight excluding hydrogens is 234 g/mol. The number of ketones is 1. The SMILES string of the molecule is CC(C)(C)C1CCC(=O)C(CCc2ccncc2)C1. The van der Waals surface area contributed by atoms with Crippen molar-refractivity contribution in [2.45, 2.75) is 52.9 Å². The van der Waals surface area contributed by atoms with Crippen LogP contribution in [0.2, 0.25) is 0 Å². The fourth-order valence-corrected chi connectivity index (χ4v) is 3.07. The van der Waals surface area contributed by atoms with E-state index in [0.29, 0.717) is 17.1 Å². The van der Waals surface area contributed by atoms with Gasteiger partial charge in [0.25, 0.3) is 0 Å². The Morgan fingerprint density at radius 2 is 1.95 bits per heavy atom. The standard InChI is InChI=1S/C17H25NO/c1-17(2,3)15-6-7-16(19)14(12-15)5-4-13-8-10-18-11-9-13/h8-11,14-15H,4-7,12H2,1-3H3. The molecule has 19 heavy (non-hydrogen) atoms. The number of rotatable bonds is 3. The topological polar surface area (TPSA) is 30.0 Å². The van der Waals surface area contributed by atoms with Gasteiger partial charge in [0, 0.05) is 24.7 Å². The summed E-state index contributed by atoms with van der Waals surface area (Å²) in [6, 6.07) is 4.10. The average molecular weight is 259 g/mol. The van der Waals surface area contributed by atoms with Crippen molar-refractivity contribution in [3.8, 4) is 0 Å². The molecule has 1 fully saturated rings. The molecule has 0 radical (unpaired) electrons. The van der Waals surface area contributed by atoms with Gasteiger partial charge >= 0.3 is 0 Å². The molecule has 0 amide bonds. The number of aryl methyl sites for hydroxylation is 1. The maximum atomic E-state index is 12.1. The number of nitrogens with zero attached hydrogens (tertiary/aromatic N) is 1. The van der Waals surface area contributed by atoms with Crippen molar-refractivity contribution in [3.63, 3.8) is 0 Å². The van der Waals surface area contributed by atoms with E-state index in [-0.39, 0.29) is 5.92 Å². The summed E-state index contributed by atoms with van der Waals surface area (Å²) in [5.74, 6) is 1.44. The predicted octanol–water partition coefficient (Wildman–Crippen LogP) is 4.05. The molecule has 0 aromatic carbocycles. The van der Waals surface area contributed by atoms with E-state index < -0.39 is 0 Å². The van der Waals surface area contributed by atoms with Crippen molar-refractivity contribution in [1.82, 2.24) is 4.98 Å². The van der Waals surface area contributed by atoms with Crippen molar-refractivity contribution in [2.75, 3.05) is 0 Å². The Morgan fingerprint density at radius 1 is 1.26 bits per heavy atom. The molecule has 2 rings (SSSR count). The lowest BCUT2D eigenvalue weighted by Gasteiger charge is -2.37. The van der Waals surface area contributed by atoms with Gasteiger partial charge in [0.1, 0.15) is 5.78 Å². The van der Waals surface area contributed by atoms with Crippen LogP contribution in [0, 0.1) is 17.3 Å². The highest BCUT2D eigenvalue weighted by molar-refractivity contribution is 5.81. The minimum Gasteiger partial charge on any atom is -0.299 e. The summed E-state index contributed by atoms with van der Waals surface area (Å²) >= 11 is 0. The van der Waals surface area contributed by atoms with Crippen LogP contribution in [0.1, 0.15) is 52.0 Å². The molecule has 1 saturated carbocycles. The zero-order valence-corrected chi connectivity index (χ0v) is 12.4. The van der Waals surface area contributed by atoms with E-state index in [1.165, 1.54) is 5.56 Å². The van der Waals surface area contributed by atoms with Gasteiger partial charge in [-0.2, -0.15) is 0 Å². The molecule has 2 unspecified atom stereocenters. The zero-order valence-electron chi connectivity index (χ0n) is 12.4. The summed E-state index contributed by atoms with van der Waals surface area (Å²) in [6.07, 6.45) is 8.58. The highest BCUT2D eigenvalue weighted by atomic mass is 16.1. The molecule has 1 aromatic heterocycles. The summed E-state index contributed by atoms with van der Waals surface area (Å²) in [7, 11) is 0. The van der Waals surface area contributed by atoms with Gasteiger partial charge in [-0.1, -0.05) is 20.8 Å². The number of hydrogen-bond donors (Lipinski definition) is 0.